The van der Waals surface area contributed by atoms with Gasteiger partial charge in [-0.1, -0.05) is 44.2 Å². The van der Waals surface area contributed by atoms with E-state index in [2.05, 4.69) is 5.32 Å². The second-order valence-corrected chi connectivity index (χ2v) is 6.75. The Morgan fingerprint density at radius 3 is 2.26 bits per heavy atom. The molecular weight excluding hydrogens is 360 g/mol. The van der Waals surface area contributed by atoms with E-state index in [-0.39, 0.29) is 18.9 Å². The number of amides is 3. The zero-order valence-electron chi connectivity index (χ0n) is 15.5. The molecule has 4 N–H and O–H groups in total. The maximum absolute atomic E-state index is 13.5. The monoisotopic (exact) mass is 385 g/mol. The molecule has 0 aliphatic rings. The Hall–Kier alpha value is -2.71. The Balaban J connectivity index is 2.78. The zero-order valence-corrected chi connectivity index (χ0v) is 15.5. The summed E-state index contributed by atoms with van der Waals surface area (Å²) in [6, 6.07) is 7.48. The van der Waals surface area contributed by atoms with Crippen LogP contribution in [0.3, 0.4) is 0 Å². The number of nitrogens with two attached hydrogens (primary N) is 1. The Morgan fingerprint density at radius 1 is 1.19 bits per heavy atom. The quantitative estimate of drug-likeness (QED) is 0.603. The van der Waals surface area contributed by atoms with Gasteiger partial charge in [0, 0.05) is 0 Å². The minimum atomic E-state index is -3.24. The number of halogens is 2. The van der Waals surface area contributed by atoms with E-state index in [1.54, 1.807) is 44.2 Å². The van der Waals surface area contributed by atoms with Crippen molar-refractivity contribution in [2.45, 2.75) is 51.8 Å². The van der Waals surface area contributed by atoms with Crippen molar-refractivity contribution in [2.24, 2.45) is 11.7 Å². The first-order valence-corrected chi connectivity index (χ1v) is 8.43. The summed E-state index contributed by atoms with van der Waals surface area (Å²) >= 11 is 0. The first-order chi connectivity index (χ1) is 12.6. The number of benzene rings is 1. The van der Waals surface area contributed by atoms with Gasteiger partial charge in [-0.25, -0.2) is 13.6 Å². The number of alkyl halides is 2. The lowest BCUT2D eigenvalue weighted by Gasteiger charge is -2.30. The van der Waals surface area contributed by atoms with Crippen LogP contribution in [0, 0.1) is 5.92 Å². The van der Waals surface area contributed by atoms with E-state index < -0.39 is 35.9 Å². The van der Waals surface area contributed by atoms with Gasteiger partial charge in [0.05, 0.1) is 0 Å². The van der Waals surface area contributed by atoms with Crippen LogP contribution >= 0.6 is 0 Å². The third-order valence-corrected chi connectivity index (χ3v) is 3.84. The standard InChI is InChI=1S/C18H25F2N3O4/c1-11(2)9-13(14(21)24)22-16(25)18(3,15(19)20)23-17(26)27-10-12-7-5-4-6-8-12/h4-8,11,13,15H,9-10H2,1-3H3,(H2,21,24)(H,22,25)(H,23,26)/t13-,18?/m0/s1. The highest BCUT2D eigenvalue weighted by Crippen LogP contribution is 2.17. The first kappa shape index (κ1) is 22.3. The van der Waals surface area contributed by atoms with Crippen LogP contribution in [0.2, 0.25) is 0 Å². The third kappa shape index (κ3) is 6.84. The summed E-state index contributed by atoms with van der Waals surface area (Å²) in [7, 11) is 0. The first-order valence-electron chi connectivity index (χ1n) is 8.43. The van der Waals surface area contributed by atoms with Crippen LogP contribution in [-0.2, 0) is 20.9 Å². The van der Waals surface area contributed by atoms with Gasteiger partial charge in [-0.2, -0.15) is 0 Å². The highest BCUT2D eigenvalue weighted by molar-refractivity contribution is 5.93. The Bertz CT molecular complexity index is 655. The highest BCUT2D eigenvalue weighted by atomic mass is 19.3. The summed E-state index contributed by atoms with van der Waals surface area (Å²) in [6.07, 6.45) is -4.25. The number of alkyl carbamates (subject to hydrolysis) is 1. The molecule has 1 aromatic rings. The van der Waals surface area contributed by atoms with Crippen molar-refractivity contribution in [2.75, 3.05) is 0 Å². The molecule has 1 unspecified atom stereocenters. The summed E-state index contributed by atoms with van der Waals surface area (Å²) in [5, 5.41) is 4.07. The molecule has 27 heavy (non-hydrogen) atoms. The van der Waals surface area contributed by atoms with Gasteiger partial charge in [-0.05, 0) is 24.8 Å². The molecule has 1 aromatic carbocycles. The Labute approximate surface area is 156 Å². The molecule has 2 atom stereocenters. The summed E-state index contributed by atoms with van der Waals surface area (Å²) in [5.74, 6) is -2.08. The van der Waals surface area contributed by atoms with Crippen LogP contribution in [0.4, 0.5) is 13.6 Å². The van der Waals surface area contributed by atoms with Gasteiger partial charge in [0.2, 0.25) is 5.91 Å². The number of ether oxygens (including phenoxy) is 1. The molecule has 9 heteroatoms. The molecule has 0 spiro atoms. The number of nitrogens with one attached hydrogen (secondary N) is 2. The number of hydrogen-bond acceptors (Lipinski definition) is 4. The maximum Gasteiger partial charge on any atom is 0.408 e. The number of primary amides is 1. The number of carbonyl (C=O) groups excluding carboxylic acids is 3. The average Bonchev–Trinajstić information content (AvgIpc) is 2.59. The van der Waals surface area contributed by atoms with Crippen LogP contribution in [0.15, 0.2) is 30.3 Å². The fraction of sp³-hybridized carbons (Fsp3) is 0.500. The Morgan fingerprint density at radius 2 is 1.78 bits per heavy atom. The predicted molar refractivity (Wildman–Crippen MR) is 94.8 cm³/mol. The second-order valence-electron chi connectivity index (χ2n) is 6.75. The lowest BCUT2D eigenvalue weighted by Crippen LogP contribution is -2.63. The summed E-state index contributed by atoms with van der Waals surface area (Å²) in [4.78, 5) is 35.7. The molecule has 3 amide bonds. The van der Waals surface area contributed by atoms with Gasteiger partial charge in [-0.3, -0.25) is 9.59 Å². The van der Waals surface area contributed by atoms with E-state index in [4.69, 9.17) is 10.5 Å². The number of hydrogen-bond donors (Lipinski definition) is 3. The van der Waals surface area contributed by atoms with E-state index >= 15 is 0 Å². The zero-order chi connectivity index (χ0) is 20.6. The summed E-state index contributed by atoms with van der Waals surface area (Å²) < 4.78 is 31.9. The van der Waals surface area contributed by atoms with Crippen molar-refractivity contribution in [3.05, 3.63) is 35.9 Å². The van der Waals surface area contributed by atoms with Crippen LogP contribution in [-0.4, -0.2) is 35.9 Å². The maximum atomic E-state index is 13.5. The van der Waals surface area contributed by atoms with Gasteiger partial charge in [0.1, 0.15) is 12.6 Å². The molecule has 1 rings (SSSR count). The van der Waals surface area contributed by atoms with Crippen molar-refractivity contribution in [1.82, 2.24) is 10.6 Å². The molecule has 0 fully saturated rings. The molecule has 0 aliphatic heterocycles. The van der Waals surface area contributed by atoms with E-state index in [1.165, 1.54) is 0 Å². The summed E-state index contributed by atoms with van der Waals surface area (Å²) in [6.45, 7) is 4.27. The average molecular weight is 385 g/mol. The predicted octanol–water partition coefficient (Wildman–Crippen LogP) is 1.95. The molecule has 0 saturated heterocycles. The molecular formula is C18H25F2N3O4. The van der Waals surface area contributed by atoms with Gasteiger partial charge in [0.25, 0.3) is 12.3 Å². The van der Waals surface area contributed by atoms with Crippen molar-refractivity contribution in [1.29, 1.82) is 0 Å². The molecule has 0 aliphatic carbocycles. The van der Waals surface area contributed by atoms with Crippen LogP contribution in [0.5, 0.6) is 0 Å². The smallest absolute Gasteiger partial charge is 0.408 e. The largest absolute Gasteiger partial charge is 0.445 e. The molecule has 0 aromatic heterocycles. The van der Waals surface area contributed by atoms with Crippen LogP contribution in [0.1, 0.15) is 32.8 Å². The number of carbonyl (C=O) groups is 3. The second kappa shape index (κ2) is 9.84. The molecule has 7 nitrogen and oxygen atoms in total. The minimum absolute atomic E-state index is 0.00981. The lowest BCUT2D eigenvalue weighted by molar-refractivity contribution is -0.136. The molecule has 0 saturated carbocycles. The fourth-order valence-electron chi connectivity index (χ4n) is 2.21. The highest BCUT2D eigenvalue weighted by Gasteiger charge is 2.45. The van der Waals surface area contributed by atoms with E-state index in [0.717, 1.165) is 6.92 Å². The lowest BCUT2D eigenvalue weighted by atomic mass is 9.99. The molecule has 0 radical (unpaired) electrons. The SMILES string of the molecule is CC(C)C[C@H](NC(=O)C(C)(NC(=O)OCc1ccccc1)C(F)F)C(N)=O. The van der Waals surface area contributed by atoms with Gasteiger partial charge >= 0.3 is 6.09 Å². The molecule has 0 bridgehead atoms. The topological polar surface area (TPSA) is 111 Å². The summed E-state index contributed by atoms with van der Waals surface area (Å²) in [5.41, 5.74) is 3.28. The van der Waals surface area contributed by atoms with Crippen molar-refractivity contribution >= 4 is 17.9 Å². The number of rotatable bonds is 9. The van der Waals surface area contributed by atoms with E-state index in [1.807, 2.05) is 5.32 Å². The van der Waals surface area contributed by atoms with Crippen molar-refractivity contribution in [3.8, 4) is 0 Å². The fourth-order valence-corrected chi connectivity index (χ4v) is 2.21. The van der Waals surface area contributed by atoms with Gasteiger partial charge in [0.15, 0.2) is 5.54 Å². The van der Waals surface area contributed by atoms with Crippen LogP contribution < -0.4 is 16.4 Å². The van der Waals surface area contributed by atoms with Crippen LogP contribution in [0.25, 0.3) is 0 Å². The van der Waals surface area contributed by atoms with E-state index in [9.17, 15) is 23.2 Å². The molecule has 0 heterocycles. The van der Waals surface area contributed by atoms with Gasteiger partial charge < -0.3 is 21.1 Å². The van der Waals surface area contributed by atoms with Gasteiger partial charge in [-0.15, -0.1) is 0 Å². The molecule has 150 valence electrons. The van der Waals surface area contributed by atoms with Crippen molar-refractivity contribution < 1.29 is 27.9 Å². The van der Waals surface area contributed by atoms with E-state index in [0.29, 0.717) is 5.56 Å². The minimum Gasteiger partial charge on any atom is -0.445 e. The normalized spacial score (nSPS) is 14.3. The third-order valence-electron chi connectivity index (χ3n) is 3.84. The van der Waals surface area contributed by atoms with Crippen molar-refractivity contribution in [3.63, 3.8) is 0 Å². The Kier molecular flexibility index (Phi) is 8.14.